The molecule has 0 amide bonds. The summed E-state index contributed by atoms with van der Waals surface area (Å²) in [4.78, 5) is 20.7. The van der Waals surface area contributed by atoms with E-state index in [1.165, 1.54) is 0 Å². The number of nitrogen functional groups attached to an aromatic ring is 1. The van der Waals surface area contributed by atoms with E-state index >= 15 is 0 Å². The lowest BCUT2D eigenvalue weighted by Crippen LogP contribution is -2.14. The molecule has 2 rings (SSSR count). The molecule has 0 aliphatic carbocycles. The molecule has 0 aromatic carbocycles. The summed E-state index contributed by atoms with van der Waals surface area (Å²) >= 11 is 0. The maximum absolute atomic E-state index is 10.5. The number of hydrogen-bond donors (Lipinski definition) is 1. The number of carbonyl (C=O) groups excluding carboxylic acids is 1. The molecule has 2 heterocycles. The lowest BCUT2D eigenvalue weighted by Gasteiger charge is -2.13. The van der Waals surface area contributed by atoms with Gasteiger partial charge in [-0.2, -0.15) is 15.1 Å². The van der Waals surface area contributed by atoms with Crippen LogP contribution in [0.1, 0.15) is 17.7 Å². The van der Waals surface area contributed by atoms with Crippen LogP contribution in [0.2, 0.25) is 0 Å². The van der Waals surface area contributed by atoms with Crippen LogP contribution in [-0.2, 0) is 11.2 Å². The molecular weight excluding hydrogens is 256 g/mol. The van der Waals surface area contributed by atoms with E-state index in [-0.39, 0.29) is 5.95 Å². The van der Waals surface area contributed by atoms with Gasteiger partial charge in [0.2, 0.25) is 5.95 Å². The fraction of sp³-hybridized carbons (Fsp3) is 0.385. The number of carbonyl (C=O) groups is 1. The van der Waals surface area contributed by atoms with Crippen LogP contribution in [0.15, 0.2) is 12.3 Å². The number of aldehydes is 1. The molecule has 2 aromatic heterocycles. The number of rotatable bonds is 5. The van der Waals surface area contributed by atoms with Crippen LogP contribution in [0.5, 0.6) is 0 Å². The normalized spacial score (nSPS) is 10.6. The zero-order valence-corrected chi connectivity index (χ0v) is 11.9. The number of aromatic nitrogens is 4. The lowest BCUT2D eigenvalue weighted by molar-refractivity contribution is -0.107. The molecule has 0 saturated carbocycles. The molecule has 20 heavy (non-hydrogen) atoms. The third-order valence-corrected chi connectivity index (χ3v) is 3.03. The predicted octanol–water partition coefficient (Wildman–Crippen LogP) is 0.750. The average Bonchev–Trinajstić information content (AvgIpc) is 2.77. The first kappa shape index (κ1) is 14.0. The van der Waals surface area contributed by atoms with Gasteiger partial charge in [-0.15, -0.1) is 0 Å². The van der Waals surface area contributed by atoms with Gasteiger partial charge in [-0.1, -0.05) is 0 Å². The SMILES string of the molecule is Cc1c(CCC=O)cnn1-c1cc(N(C)C)nc(N)n1. The second-order valence-electron chi connectivity index (χ2n) is 4.71. The van der Waals surface area contributed by atoms with Gasteiger partial charge in [0.05, 0.1) is 6.20 Å². The van der Waals surface area contributed by atoms with Crippen molar-refractivity contribution in [2.45, 2.75) is 19.8 Å². The maximum atomic E-state index is 10.5. The van der Waals surface area contributed by atoms with Gasteiger partial charge in [0, 0.05) is 32.3 Å². The number of hydrogen-bond acceptors (Lipinski definition) is 6. The molecule has 0 saturated heterocycles. The monoisotopic (exact) mass is 274 g/mol. The van der Waals surface area contributed by atoms with Crippen molar-refractivity contribution in [1.82, 2.24) is 19.7 Å². The Labute approximate surface area is 117 Å². The molecule has 0 aliphatic rings. The Morgan fingerprint density at radius 3 is 2.80 bits per heavy atom. The Hall–Kier alpha value is -2.44. The van der Waals surface area contributed by atoms with Crippen LogP contribution in [-0.4, -0.2) is 40.1 Å². The molecule has 0 atom stereocenters. The second-order valence-corrected chi connectivity index (χ2v) is 4.71. The van der Waals surface area contributed by atoms with Crippen molar-refractivity contribution in [3.05, 3.63) is 23.5 Å². The highest BCUT2D eigenvalue weighted by Crippen LogP contribution is 2.18. The number of nitrogens with two attached hydrogens (primary N) is 1. The Morgan fingerprint density at radius 2 is 2.15 bits per heavy atom. The molecule has 0 aliphatic heterocycles. The molecule has 7 nitrogen and oxygen atoms in total. The highest BCUT2D eigenvalue weighted by Gasteiger charge is 2.11. The highest BCUT2D eigenvalue weighted by atomic mass is 16.1. The minimum absolute atomic E-state index is 0.204. The van der Waals surface area contributed by atoms with Crippen LogP contribution < -0.4 is 10.6 Å². The molecule has 106 valence electrons. The fourth-order valence-corrected chi connectivity index (χ4v) is 1.91. The van der Waals surface area contributed by atoms with Crippen molar-refractivity contribution in [3.8, 4) is 5.82 Å². The van der Waals surface area contributed by atoms with Crippen LogP contribution in [0.4, 0.5) is 11.8 Å². The third-order valence-electron chi connectivity index (χ3n) is 3.03. The van der Waals surface area contributed by atoms with Crippen LogP contribution >= 0.6 is 0 Å². The molecule has 7 heteroatoms. The Morgan fingerprint density at radius 1 is 1.40 bits per heavy atom. The summed E-state index contributed by atoms with van der Waals surface area (Å²) < 4.78 is 1.71. The summed E-state index contributed by atoms with van der Waals surface area (Å²) in [6, 6.07) is 1.82. The highest BCUT2D eigenvalue weighted by molar-refractivity contribution is 5.50. The summed E-state index contributed by atoms with van der Waals surface area (Å²) in [5, 5.41) is 4.32. The van der Waals surface area contributed by atoms with E-state index in [1.807, 2.05) is 32.0 Å². The van der Waals surface area contributed by atoms with E-state index in [1.54, 1.807) is 10.9 Å². The van der Waals surface area contributed by atoms with Gasteiger partial charge in [0.1, 0.15) is 12.1 Å². The molecule has 2 N–H and O–H groups in total. The molecule has 2 aromatic rings. The third kappa shape index (κ3) is 2.76. The van der Waals surface area contributed by atoms with E-state index in [2.05, 4.69) is 15.1 Å². The van der Waals surface area contributed by atoms with Crippen LogP contribution in [0, 0.1) is 6.92 Å². The van der Waals surface area contributed by atoms with Crippen LogP contribution in [0.25, 0.3) is 5.82 Å². The van der Waals surface area contributed by atoms with Gasteiger partial charge in [-0.3, -0.25) is 0 Å². The summed E-state index contributed by atoms with van der Waals surface area (Å²) in [6.07, 6.45) is 3.83. The molecule has 0 unspecified atom stereocenters. The fourth-order valence-electron chi connectivity index (χ4n) is 1.91. The van der Waals surface area contributed by atoms with E-state index in [9.17, 15) is 4.79 Å². The van der Waals surface area contributed by atoms with Gasteiger partial charge in [0.25, 0.3) is 0 Å². The summed E-state index contributed by atoms with van der Waals surface area (Å²) in [6.45, 7) is 1.95. The first-order chi connectivity index (χ1) is 9.52. The molecule has 0 spiro atoms. The van der Waals surface area contributed by atoms with Gasteiger partial charge in [-0.25, -0.2) is 4.68 Å². The summed E-state index contributed by atoms with van der Waals surface area (Å²) in [7, 11) is 3.77. The Bertz CT molecular complexity index is 619. The molecule has 0 fully saturated rings. The second kappa shape index (κ2) is 5.68. The first-order valence-corrected chi connectivity index (χ1v) is 6.32. The maximum Gasteiger partial charge on any atom is 0.224 e. The zero-order chi connectivity index (χ0) is 14.7. The first-order valence-electron chi connectivity index (χ1n) is 6.32. The van der Waals surface area contributed by atoms with Gasteiger partial charge >= 0.3 is 0 Å². The van der Waals surface area contributed by atoms with E-state index < -0.39 is 0 Å². The minimum atomic E-state index is 0.204. The van der Waals surface area contributed by atoms with Gasteiger partial charge in [0.15, 0.2) is 5.82 Å². The van der Waals surface area contributed by atoms with E-state index in [4.69, 9.17) is 5.73 Å². The summed E-state index contributed by atoms with van der Waals surface area (Å²) in [5.74, 6) is 1.54. The standard InChI is InChI=1S/C13H18N6O/c1-9-10(5-4-6-20)8-15-19(9)12-7-11(18(2)3)16-13(14)17-12/h6-8H,4-5H2,1-3H3,(H2,14,16,17). The predicted molar refractivity (Wildman–Crippen MR) is 77.0 cm³/mol. The Kier molecular flexibility index (Phi) is 3.97. The van der Waals surface area contributed by atoms with Crippen molar-refractivity contribution in [3.63, 3.8) is 0 Å². The van der Waals surface area contributed by atoms with Crippen molar-refractivity contribution in [2.75, 3.05) is 24.7 Å². The van der Waals surface area contributed by atoms with E-state index in [0.717, 1.165) is 23.4 Å². The topological polar surface area (TPSA) is 89.9 Å². The largest absolute Gasteiger partial charge is 0.368 e. The smallest absolute Gasteiger partial charge is 0.224 e. The quantitative estimate of drug-likeness (QED) is 0.809. The zero-order valence-electron chi connectivity index (χ0n) is 11.9. The average molecular weight is 274 g/mol. The van der Waals surface area contributed by atoms with Gasteiger partial charge < -0.3 is 15.4 Å². The van der Waals surface area contributed by atoms with Crippen molar-refractivity contribution in [1.29, 1.82) is 0 Å². The number of aryl methyl sites for hydroxylation is 1. The molecule has 0 bridgehead atoms. The molecule has 0 radical (unpaired) electrons. The minimum Gasteiger partial charge on any atom is -0.368 e. The number of anilines is 2. The van der Waals surface area contributed by atoms with Gasteiger partial charge in [-0.05, 0) is 18.9 Å². The van der Waals surface area contributed by atoms with E-state index in [0.29, 0.717) is 18.7 Å². The Balaban J connectivity index is 2.41. The lowest BCUT2D eigenvalue weighted by atomic mass is 10.1. The summed E-state index contributed by atoms with van der Waals surface area (Å²) in [5.41, 5.74) is 7.72. The van der Waals surface area contributed by atoms with Crippen molar-refractivity contribution >= 4 is 18.1 Å². The van der Waals surface area contributed by atoms with Crippen LogP contribution in [0.3, 0.4) is 0 Å². The molecular formula is C13H18N6O. The van der Waals surface area contributed by atoms with Crippen molar-refractivity contribution in [2.24, 2.45) is 0 Å². The number of nitrogens with zero attached hydrogens (tertiary/aromatic N) is 5. The van der Waals surface area contributed by atoms with Crippen molar-refractivity contribution < 1.29 is 4.79 Å².